The molecule has 1 saturated heterocycles. The van der Waals surface area contributed by atoms with Crippen molar-refractivity contribution in [1.82, 2.24) is 0 Å². The van der Waals surface area contributed by atoms with Gasteiger partial charge in [0, 0.05) is 6.61 Å². The molecule has 196 valence electrons. The summed E-state index contributed by atoms with van der Waals surface area (Å²) >= 11 is 0. The van der Waals surface area contributed by atoms with Gasteiger partial charge in [-0.1, -0.05) is 59.2 Å². The Kier molecular flexibility index (Phi) is 9.11. The van der Waals surface area contributed by atoms with E-state index in [1.807, 2.05) is 6.92 Å². The van der Waals surface area contributed by atoms with Crippen molar-refractivity contribution in [2.24, 2.45) is 0 Å². The number of rotatable bonds is 8. The fraction of sp³-hybridized carbons (Fsp3) is 0.760. The number of hydrogen-bond donors (Lipinski definition) is 0. The first-order chi connectivity index (χ1) is 15.3. The summed E-state index contributed by atoms with van der Waals surface area (Å²) in [7, 11) is -8.18. The topological polar surface area (TPSA) is 71.1 Å². The molecule has 2 rings (SSSR count). The van der Waals surface area contributed by atoms with Crippen LogP contribution in [0.25, 0.3) is 0 Å². The van der Waals surface area contributed by atoms with Gasteiger partial charge in [-0.15, -0.1) is 0 Å². The van der Waals surface area contributed by atoms with Crippen molar-refractivity contribution in [2.45, 2.75) is 114 Å². The fourth-order valence-corrected chi connectivity index (χ4v) is 6.88. The maximum absolute atomic E-state index is 12.8. The van der Waals surface area contributed by atoms with Crippen molar-refractivity contribution >= 4 is 26.8 Å². The van der Waals surface area contributed by atoms with E-state index in [0.29, 0.717) is 13.0 Å². The third-order valence-corrected chi connectivity index (χ3v) is 17.9. The van der Waals surface area contributed by atoms with Crippen LogP contribution in [-0.2, 0) is 27.9 Å². The Morgan fingerprint density at radius 3 is 1.91 bits per heavy atom. The van der Waals surface area contributed by atoms with E-state index < -0.39 is 39.0 Å². The Bertz CT molecular complexity index is 914. The molecule has 3 atom stereocenters. The summed E-state index contributed by atoms with van der Waals surface area (Å²) in [5.74, 6) is 0. The van der Waals surface area contributed by atoms with E-state index in [4.69, 9.17) is 17.8 Å². The lowest BCUT2D eigenvalue weighted by Gasteiger charge is -2.48. The lowest BCUT2D eigenvalue weighted by atomic mass is 10.0. The minimum Gasteiger partial charge on any atom is -0.411 e. The predicted molar refractivity (Wildman–Crippen MR) is 143 cm³/mol. The highest BCUT2D eigenvalue weighted by Gasteiger charge is 2.48. The fourth-order valence-electron chi connectivity index (χ4n) is 3.26. The van der Waals surface area contributed by atoms with E-state index in [0.717, 1.165) is 5.56 Å². The van der Waals surface area contributed by atoms with Crippen LogP contribution >= 0.6 is 0 Å². The lowest BCUT2D eigenvalue weighted by molar-refractivity contribution is -0.134. The maximum atomic E-state index is 12.8. The van der Waals surface area contributed by atoms with Crippen molar-refractivity contribution < 1.29 is 26.2 Å². The van der Waals surface area contributed by atoms with Gasteiger partial charge in [-0.3, -0.25) is 4.18 Å². The van der Waals surface area contributed by atoms with E-state index >= 15 is 0 Å². The van der Waals surface area contributed by atoms with E-state index in [9.17, 15) is 8.42 Å². The van der Waals surface area contributed by atoms with Gasteiger partial charge in [0.2, 0.25) is 0 Å². The van der Waals surface area contributed by atoms with Crippen LogP contribution in [0.1, 0.15) is 53.5 Å². The second-order valence-electron chi connectivity index (χ2n) is 12.5. The molecule has 34 heavy (non-hydrogen) atoms. The summed E-state index contributed by atoms with van der Waals surface area (Å²) < 4.78 is 50.9. The maximum Gasteiger partial charge on any atom is 0.297 e. The van der Waals surface area contributed by atoms with Gasteiger partial charge >= 0.3 is 0 Å². The monoisotopic (exact) mass is 530 g/mol. The number of hydrogen-bond acceptors (Lipinski definition) is 6. The summed E-state index contributed by atoms with van der Waals surface area (Å²) in [4.78, 5) is 0.143. The second kappa shape index (κ2) is 10.4. The van der Waals surface area contributed by atoms with Crippen LogP contribution in [-0.4, -0.2) is 56.6 Å². The lowest BCUT2D eigenvalue weighted by Crippen LogP contribution is -2.59. The highest BCUT2D eigenvalue weighted by Crippen LogP contribution is 2.42. The van der Waals surface area contributed by atoms with Crippen LogP contribution in [0.4, 0.5) is 0 Å². The minimum atomic E-state index is -3.90. The van der Waals surface area contributed by atoms with Crippen molar-refractivity contribution in [3.8, 4) is 0 Å². The second-order valence-corrected chi connectivity index (χ2v) is 23.6. The average Bonchev–Trinajstić information content (AvgIpc) is 2.66. The Morgan fingerprint density at radius 2 is 1.41 bits per heavy atom. The molecule has 0 bridgehead atoms. The van der Waals surface area contributed by atoms with Gasteiger partial charge in [0.1, 0.15) is 6.10 Å². The zero-order chi connectivity index (χ0) is 26.2. The van der Waals surface area contributed by atoms with Gasteiger partial charge < -0.3 is 13.6 Å². The largest absolute Gasteiger partial charge is 0.411 e. The molecule has 1 aliphatic rings. The Morgan fingerprint density at radius 1 is 0.912 bits per heavy atom. The van der Waals surface area contributed by atoms with Crippen LogP contribution in [0.2, 0.25) is 36.3 Å². The van der Waals surface area contributed by atoms with Gasteiger partial charge in [-0.2, -0.15) is 8.42 Å². The van der Waals surface area contributed by atoms with Gasteiger partial charge in [0.15, 0.2) is 16.6 Å². The predicted octanol–water partition coefficient (Wildman–Crippen LogP) is 6.27. The minimum absolute atomic E-state index is 0.00858. The third-order valence-electron chi connectivity index (χ3n) is 7.65. The third kappa shape index (κ3) is 7.24. The molecule has 0 amide bonds. The van der Waals surface area contributed by atoms with Crippen LogP contribution in [0.3, 0.4) is 0 Å². The van der Waals surface area contributed by atoms with Crippen molar-refractivity contribution in [3.05, 3.63) is 29.8 Å². The number of benzene rings is 1. The normalized spacial score (nSPS) is 23.2. The molecule has 1 aromatic carbocycles. The van der Waals surface area contributed by atoms with E-state index in [1.54, 1.807) is 24.3 Å². The standard InChI is InChI=1S/C25H46O6SSi2/c1-19-12-14-20(15-13-19)32(26,27)29-18-22-23(31-34(10,11)25(5,6)7)21(16-17-28-22)30-33(8,9)24(2,3)4/h12-15,21-23H,16-18H2,1-11H3/t21-,22-,23+/m1/s1. The van der Waals surface area contributed by atoms with E-state index in [1.165, 1.54) is 0 Å². The van der Waals surface area contributed by atoms with Crippen molar-refractivity contribution in [2.75, 3.05) is 13.2 Å². The van der Waals surface area contributed by atoms with Crippen LogP contribution in [0.15, 0.2) is 29.2 Å². The molecule has 1 heterocycles. The summed E-state index contributed by atoms with van der Waals surface area (Å²) in [5.41, 5.74) is 0.989. The Balaban J connectivity index is 2.31. The molecule has 1 aromatic rings. The molecule has 0 aliphatic carbocycles. The quantitative estimate of drug-likeness (QED) is 0.291. The molecule has 0 N–H and O–H groups in total. The summed E-state index contributed by atoms with van der Waals surface area (Å²) in [6.07, 6.45) is -0.373. The first kappa shape index (κ1) is 29.7. The van der Waals surface area contributed by atoms with Gasteiger partial charge in [-0.05, 0) is 61.7 Å². The highest BCUT2D eigenvalue weighted by atomic mass is 32.2. The highest BCUT2D eigenvalue weighted by molar-refractivity contribution is 7.86. The molecule has 0 spiro atoms. The molecular weight excluding hydrogens is 485 g/mol. The summed E-state index contributed by atoms with van der Waals surface area (Å²) in [6, 6.07) is 6.67. The molecule has 0 aromatic heterocycles. The van der Waals surface area contributed by atoms with E-state index in [2.05, 4.69) is 67.7 Å². The Labute approximate surface area is 210 Å². The molecule has 1 aliphatic heterocycles. The first-order valence-electron chi connectivity index (χ1n) is 12.2. The van der Waals surface area contributed by atoms with Crippen molar-refractivity contribution in [1.29, 1.82) is 0 Å². The Hall–Kier alpha value is -0.556. The average molecular weight is 531 g/mol. The van der Waals surface area contributed by atoms with Gasteiger partial charge in [0.25, 0.3) is 10.1 Å². The molecular formula is C25H46O6SSi2. The molecule has 9 heteroatoms. The van der Waals surface area contributed by atoms with E-state index in [-0.39, 0.29) is 27.7 Å². The molecule has 6 nitrogen and oxygen atoms in total. The molecule has 0 saturated carbocycles. The SMILES string of the molecule is Cc1ccc(S(=O)(=O)OC[C@H]2OCC[C@@H](O[Si](C)(C)C(C)(C)C)[C@@H]2O[Si](C)(C)C(C)(C)C)cc1. The molecule has 0 unspecified atom stereocenters. The summed E-state index contributed by atoms with van der Waals surface area (Å²) in [5, 5.41) is 0.0406. The number of aryl methyl sites for hydroxylation is 1. The smallest absolute Gasteiger partial charge is 0.297 e. The first-order valence-corrected chi connectivity index (χ1v) is 19.4. The molecule has 0 radical (unpaired) electrons. The van der Waals surface area contributed by atoms with Gasteiger partial charge in [0.05, 0.1) is 23.7 Å². The number of ether oxygens (including phenoxy) is 1. The molecule has 1 fully saturated rings. The van der Waals surface area contributed by atoms with Crippen LogP contribution < -0.4 is 0 Å². The van der Waals surface area contributed by atoms with Crippen LogP contribution in [0, 0.1) is 6.92 Å². The summed E-state index contributed by atoms with van der Waals surface area (Å²) in [6.45, 7) is 24.4. The zero-order valence-corrected chi connectivity index (χ0v) is 25.8. The zero-order valence-electron chi connectivity index (χ0n) is 23.0. The van der Waals surface area contributed by atoms with Crippen LogP contribution in [0.5, 0.6) is 0 Å². The van der Waals surface area contributed by atoms with Gasteiger partial charge in [-0.25, -0.2) is 0 Å². The van der Waals surface area contributed by atoms with Crippen molar-refractivity contribution in [3.63, 3.8) is 0 Å².